The Morgan fingerprint density at radius 3 is 2.57 bits per heavy atom. The molecule has 21 heavy (non-hydrogen) atoms. The number of fused-ring (bicyclic) bond motifs is 1. The topological polar surface area (TPSA) is 35.2 Å². The van der Waals surface area contributed by atoms with Gasteiger partial charge >= 0.3 is 0 Å². The van der Waals surface area contributed by atoms with Gasteiger partial charge in [0.2, 0.25) is 0 Å². The van der Waals surface area contributed by atoms with Crippen LogP contribution in [0, 0.1) is 0 Å². The van der Waals surface area contributed by atoms with Crippen molar-refractivity contribution in [1.29, 1.82) is 0 Å². The summed E-state index contributed by atoms with van der Waals surface area (Å²) < 4.78 is 6.03. The number of ether oxygens (including phenoxy) is 1. The summed E-state index contributed by atoms with van der Waals surface area (Å²) in [6.07, 6.45) is 1.83. The molecule has 3 rings (SSSR count). The second-order valence-corrected chi connectivity index (χ2v) is 6.36. The molecule has 0 radical (unpaired) electrons. The number of hydrogen-bond acceptors (Lipinski definition) is 2. The van der Waals surface area contributed by atoms with Crippen LogP contribution in [0.2, 0.25) is 15.1 Å². The van der Waals surface area contributed by atoms with Crippen LogP contribution in [0.4, 0.5) is 0 Å². The van der Waals surface area contributed by atoms with E-state index in [-0.39, 0.29) is 6.10 Å². The van der Waals surface area contributed by atoms with E-state index in [0.717, 1.165) is 35.3 Å². The molecule has 1 atom stereocenters. The Morgan fingerprint density at radius 2 is 1.86 bits per heavy atom. The number of aryl methyl sites for hydroxylation is 1. The third kappa shape index (κ3) is 3.00. The average Bonchev–Trinajstić information content (AvgIpc) is 2.46. The fraction of sp³-hybridized carbons (Fsp3) is 0.250. The van der Waals surface area contributed by atoms with Crippen molar-refractivity contribution in [3.63, 3.8) is 0 Å². The Morgan fingerprint density at radius 1 is 1.05 bits per heavy atom. The zero-order valence-corrected chi connectivity index (χ0v) is 13.5. The Hall–Kier alpha value is -0.930. The van der Waals surface area contributed by atoms with Crippen molar-refractivity contribution in [2.45, 2.75) is 18.9 Å². The molecule has 0 spiro atoms. The quantitative estimate of drug-likeness (QED) is 0.836. The van der Waals surface area contributed by atoms with E-state index in [1.165, 1.54) is 0 Å². The van der Waals surface area contributed by atoms with E-state index in [0.29, 0.717) is 21.6 Å². The predicted molar refractivity (Wildman–Crippen MR) is 88.7 cm³/mol. The van der Waals surface area contributed by atoms with Gasteiger partial charge in [-0.25, -0.2) is 0 Å². The van der Waals surface area contributed by atoms with E-state index in [2.05, 4.69) is 0 Å². The lowest BCUT2D eigenvalue weighted by Gasteiger charge is -2.27. The normalized spacial score (nSPS) is 17.2. The zero-order chi connectivity index (χ0) is 15.0. The van der Waals surface area contributed by atoms with Gasteiger partial charge in [-0.2, -0.15) is 0 Å². The molecule has 2 aromatic carbocycles. The fourth-order valence-corrected chi connectivity index (χ4v) is 3.34. The third-order valence-corrected chi connectivity index (χ3v) is 4.40. The third-order valence-electron chi connectivity index (χ3n) is 3.63. The maximum Gasteiger partial charge on any atom is 0.130 e. The van der Waals surface area contributed by atoms with Gasteiger partial charge in [0.05, 0.1) is 5.02 Å². The maximum absolute atomic E-state index is 6.32. The van der Waals surface area contributed by atoms with Crippen LogP contribution in [-0.4, -0.2) is 12.6 Å². The Labute approximate surface area is 138 Å². The molecule has 0 aromatic heterocycles. The standard InChI is InChI=1S/C16H14Cl3NO/c17-10-2-4-13(15(19)7-10)14-6-11(18)5-9-1-3-12(8-20)21-16(9)14/h2,4-7,12H,1,3,8,20H2/t12-/m1/s1. The number of benzene rings is 2. The summed E-state index contributed by atoms with van der Waals surface area (Å²) >= 11 is 18.5. The first-order valence-corrected chi connectivity index (χ1v) is 7.86. The molecular weight excluding hydrogens is 329 g/mol. The second-order valence-electron chi connectivity index (χ2n) is 5.08. The van der Waals surface area contributed by atoms with Gasteiger partial charge in [0.25, 0.3) is 0 Å². The van der Waals surface area contributed by atoms with Crippen LogP contribution in [0.5, 0.6) is 5.75 Å². The Bertz CT molecular complexity index is 687. The minimum Gasteiger partial charge on any atom is -0.488 e. The highest BCUT2D eigenvalue weighted by Crippen LogP contribution is 2.42. The highest BCUT2D eigenvalue weighted by Gasteiger charge is 2.23. The van der Waals surface area contributed by atoms with Gasteiger partial charge in [-0.15, -0.1) is 0 Å². The average molecular weight is 343 g/mol. The first-order chi connectivity index (χ1) is 10.1. The van der Waals surface area contributed by atoms with Crippen molar-refractivity contribution in [1.82, 2.24) is 0 Å². The van der Waals surface area contributed by atoms with Gasteiger partial charge in [0.1, 0.15) is 11.9 Å². The molecule has 1 heterocycles. The summed E-state index contributed by atoms with van der Waals surface area (Å²) in [4.78, 5) is 0. The van der Waals surface area contributed by atoms with Crippen LogP contribution in [0.25, 0.3) is 11.1 Å². The number of halogens is 3. The first-order valence-electron chi connectivity index (χ1n) is 6.73. The first kappa shape index (κ1) is 15.0. The second kappa shape index (κ2) is 6.05. The van der Waals surface area contributed by atoms with E-state index in [4.69, 9.17) is 45.3 Å². The van der Waals surface area contributed by atoms with E-state index in [9.17, 15) is 0 Å². The van der Waals surface area contributed by atoms with Crippen molar-refractivity contribution in [2.24, 2.45) is 5.73 Å². The van der Waals surface area contributed by atoms with Gasteiger partial charge < -0.3 is 10.5 Å². The molecule has 5 heteroatoms. The minimum atomic E-state index is 0.0310. The summed E-state index contributed by atoms with van der Waals surface area (Å²) in [7, 11) is 0. The van der Waals surface area contributed by atoms with Gasteiger partial charge in [0, 0.05) is 27.7 Å². The summed E-state index contributed by atoms with van der Waals surface area (Å²) in [5.74, 6) is 0.824. The van der Waals surface area contributed by atoms with Gasteiger partial charge in [-0.3, -0.25) is 0 Å². The number of rotatable bonds is 2. The summed E-state index contributed by atoms with van der Waals surface area (Å²) in [6.45, 7) is 0.496. The Balaban J connectivity index is 2.16. The lowest BCUT2D eigenvalue weighted by Crippen LogP contribution is -2.30. The summed E-state index contributed by atoms with van der Waals surface area (Å²) in [5, 5.41) is 1.84. The monoisotopic (exact) mass is 341 g/mol. The van der Waals surface area contributed by atoms with E-state index in [1.54, 1.807) is 12.1 Å². The smallest absolute Gasteiger partial charge is 0.130 e. The van der Waals surface area contributed by atoms with Crippen molar-refractivity contribution in [3.8, 4) is 16.9 Å². The molecule has 0 saturated carbocycles. The van der Waals surface area contributed by atoms with Crippen LogP contribution < -0.4 is 10.5 Å². The van der Waals surface area contributed by atoms with Crippen LogP contribution in [0.1, 0.15) is 12.0 Å². The lowest BCUT2D eigenvalue weighted by molar-refractivity contribution is 0.182. The fourth-order valence-electron chi connectivity index (χ4n) is 2.59. The summed E-state index contributed by atoms with van der Waals surface area (Å²) in [6, 6.07) is 9.21. The SMILES string of the molecule is NC[C@H]1CCc2cc(Cl)cc(-c3ccc(Cl)cc3Cl)c2O1. The van der Waals surface area contributed by atoms with Gasteiger partial charge in [-0.1, -0.05) is 40.9 Å². The molecule has 110 valence electrons. The molecule has 0 aliphatic carbocycles. The van der Waals surface area contributed by atoms with E-state index < -0.39 is 0 Å². The molecule has 1 aliphatic heterocycles. The van der Waals surface area contributed by atoms with Crippen molar-refractivity contribution in [3.05, 3.63) is 51.0 Å². The van der Waals surface area contributed by atoms with E-state index >= 15 is 0 Å². The molecule has 0 saturated heterocycles. The molecule has 2 N–H and O–H groups in total. The number of nitrogens with two attached hydrogens (primary N) is 1. The van der Waals surface area contributed by atoms with Crippen LogP contribution in [0.3, 0.4) is 0 Å². The minimum absolute atomic E-state index is 0.0310. The maximum atomic E-state index is 6.32. The van der Waals surface area contributed by atoms with Crippen LogP contribution >= 0.6 is 34.8 Å². The molecule has 1 aliphatic rings. The lowest BCUT2D eigenvalue weighted by atomic mass is 9.95. The molecular formula is C16H14Cl3NO. The Kier molecular flexibility index (Phi) is 4.32. The highest BCUT2D eigenvalue weighted by atomic mass is 35.5. The largest absolute Gasteiger partial charge is 0.488 e. The molecule has 2 nitrogen and oxygen atoms in total. The molecule has 0 fully saturated rings. The molecule has 0 unspecified atom stereocenters. The number of hydrogen-bond donors (Lipinski definition) is 1. The van der Waals surface area contributed by atoms with Crippen LogP contribution in [-0.2, 0) is 6.42 Å². The summed E-state index contributed by atoms with van der Waals surface area (Å²) in [5.41, 5.74) is 8.57. The predicted octanol–water partition coefficient (Wildman–Crippen LogP) is 4.97. The van der Waals surface area contributed by atoms with Crippen LogP contribution in [0.15, 0.2) is 30.3 Å². The zero-order valence-electron chi connectivity index (χ0n) is 11.2. The molecule has 0 amide bonds. The van der Waals surface area contributed by atoms with E-state index in [1.807, 2.05) is 18.2 Å². The van der Waals surface area contributed by atoms with Crippen molar-refractivity contribution >= 4 is 34.8 Å². The van der Waals surface area contributed by atoms with Gasteiger partial charge in [-0.05, 0) is 42.7 Å². The molecule has 2 aromatic rings. The molecule has 0 bridgehead atoms. The highest BCUT2D eigenvalue weighted by molar-refractivity contribution is 6.36. The van der Waals surface area contributed by atoms with Crippen molar-refractivity contribution < 1.29 is 4.74 Å². The van der Waals surface area contributed by atoms with Gasteiger partial charge in [0.15, 0.2) is 0 Å². The van der Waals surface area contributed by atoms with Crippen molar-refractivity contribution in [2.75, 3.05) is 6.54 Å².